The third kappa shape index (κ3) is 3.64. The molecule has 1 amide bonds. The summed E-state index contributed by atoms with van der Waals surface area (Å²) in [6.45, 7) is 1.85. The summed E-state index contributed by atoms with van der Waals surface area (Å²) < 4.78 is 21.4. The van der Waals surface area contributed by atoms with E-state index in [-0.39, 0.29) is 34.1 Å². The second-order valence-corrected chi connectivity index (χ2v) is 6.75. The Morgan fingerprint density at radius 1 is 1.24 bits per heavy atom. The van der Waals surface area contributed by atoms with Gasteiger partial charge < -0.3 is 14.4 Å². The van der Waals surface area contributed by atoms with Crippen molar-refractivity contribution >= 4 is 17.5 Å². The molecule has 0 saturated carbocycles. The molecular formula is C21H16ClFN4O2. The van der Waals surface area contributed by atoms with E-state index in [1.165, 1.54) is 18.2 Å². The number of hydrogen-bond donors (Lipinski definition) is 1. The fraction of sp³-hybridized carbons (Fsp3) is 0.0952. The van der Waals surface area contributed by atoms with Crippen molar-refractivity contribution in [2.75, 3.05) is 0 Å². The number of hydrogen-bond acceptors (Lipinski definition) is 4. The molecule has 4 rings (SSSR count). The SMILES string of the molecule is Cc1onc(-c2c(F)cccc2Cl)c1C(=O)NCc1ccccc1-n1ccnc1. The molecular weight excluding hydrogens is 395 g/mol. The average Bonchev–Trinajstić information content (AvgIpc) is 3.37. The van der Waals surface area contributed by atoms with Gasteiger partial charge in [-0.05, 0) is 30.7 Å². The molecule has 0 atom stereocenters. The topological polar surface area (TPSA) is 73.0 Å². The lowest BCUT2D eigenvalue weighted by atomic mass is 10.0. The molecule has 0 spiro atoms. The van der Waals surface area contributed by atoms with Gasteiger partial charge in [0.05, 0.1) is 22.6 Å². The quantitative estimate of drug-likeness (QED) is 0.523. The van der Waals surface area contributed by atoms with Gasteiger partial charge in [0.1, 0.15) is 22.8 Å². The van der Waals surface area contributed by atoms with Crippen molar-refractivity contribution < 1.29 is 13.7 Å². The number of amides is 1. The molecule has 6 nitrogen and oxygen atoms in total. The maximum atomic E-state index is 14.3. The van der Waals surface area contributed by atoms with Crippen LogP contribution in [0.15, 0.2) is 65.7 Å². The van der Waals surface area contributed by atoms with Crippen LogP contribution in [0, 0.1) is 12.7 Å². The molecule has 0 saturated heterocycles. The first kappa shape index (κ1) is 18.9. The van der Waals surface area contributed by atoms with E-state index >= 15 is 0 Å². The Hall–Kier alpha value is -3.45. The van der Waals surface area contributed by atoms with Crippen LogP contribution in [0.3, 0.4) is 0 Å². The van der Waals surface area contributed by atoms with Gasteiger partial charge in [0, 0.05) is 18.9 Å². The second-order valence-electron chi connectivity index (χ2n) is 6.34. The number of nitrogens with one attached hydrogen (secondary N) is 1. The van der Waals surface area contributed by atoms with Crippen molar-refractivity contribution in [3.05, 3.63) is 88.9 Å². The van der Waals surface area contributed by atoms with E-state index in [0.717, 1.165) is 11.3 Å². The monoisotopic (exact) mass is 410 g/mol. The minimum Gasteiger partial charge on any atom is -0.360 e. The third-order valence-corrected chi connectivity index (χ3v) is 4.82. The van der Waals surface area contributed by atoms with Crippen LogP contribution in [-0.4, -0.2) is 20.6 Å². The van der Waals surface area contributed by atoms with E-state index in [1.807, 2.05) is 35.0 Å². The Labute approximate surface area is 170 Å². The van der Waals surface area contributed by atoms with Gasteiger partial charge in [-0.1, -0.05) is 41.0 Å². The highest BCUT2D eigenvalue weighted by Gasteiger charge is 2.25. The predicted molar refractivity (Wildman–Crippen MR) is 106 cm³/mol. The molecule has 0 aliphatic rings. The van der Waals surface area contributed by atoms with Crippen LogP contribution in [0.1, 0.15) is 21.7 Å². The summed E-state index contributed by atoms with van der Waals surface area (Å²) in [5.41, 5.74) is 2.04. The Morgan fingerprint density at radius 3 is 2.83 bits per heavy atom. The van der Waals surface area contributed by atoms with Gasteiger partial charge in [-0.25, -0.2) is 9.37 Å². The van der Waals surface area contributed by atoms with Gasteiger partial charge in [0.15, 0.2) is 0 Å². The normalized spacial score (nSPS) is 10.9. The number of rotatable bonds is 5. The number of aryl methyl sites for hydroxylation is 1. The summed E-state index contributed by atoms with van der Waals surface area (Å²) >= 11 is 6.14. The summed E-state index contributed by atoms with van der Waals surface area (Å²) in [4.78, 5) is 17.0. The molecule has 2 heterocycles. The summed E-state index contributed by atoms with van der Waals surface area (Å²) in [5.74, 6) is -0.733. The van der Waals surface area contributed by atoms with Crippen LogP contribution in [0.25, 0.3) is 16.9 Å². The van der Waals surface area contributed by atoms with Crippen molar-refractivity contribution in [1.29, 1.82) is 0 Å². The van der Waals surface area contributed by atoms with Crippen molar-refractivity contribution in [2.24, 2.45) is 0 Å². The number of para-hydroxylation sites is 1. The lowest BCUT2D eigenvalue weighted by Gasteiger charge is -2.11. The van der Waals surface area contributed by atoms with Crippen LogP contribution < -0.4 is 5.32 Å². The molecule has 2 aromatic carbocycles. The molecule has 8 heteroatoms. The second kappa shape index (κ2) is 7.89. The highest BCUT2D eigenvalue weighted by Crippen LogP contribution is 2.33. The molecule has 0 bridgehead atoms. The zero-order chi connectivity index (χ0) is 20.4. The van der Waals surface area contributed by atoms with E-state index < -0.39 is 11.7 Å². The molecule has 2 aromatic heterocycles. The molecule has 0 fully saturated rings. The van der Waals surface area contributed by atoms with Gasteiger partial charge in [-0.3, -0.25) is 4.79 Å². The lowest BCUT2D eigenvalue weighted by molar-refractivity contribution is 0.0950. The summed E-state index contributed by atoms with van der Waals surface area (Å²) in [6, 6.07) is 11.9. The van der Waals surface area contributed by atoms with Crippen molar-refractivity contribution in [3.8, 4) is 16.9 Å². The van der Waals surface area contributed by atoms with Crippen LogP contribution in [0.5, 0.6) is 0 Å². The number of carbonyl (C=O) groups excluding carboxylic acids is 1. The van der Waals surface area contributed by atoms with Gasteiger partial charge in [0.2, 0.25) is 0 Å². The minimum absolute atomic E-state index is 0.0370. The van der Waals surface area contributed by atoms with Crippen molar-refractivity contribution in [2.45, 2.75) is 13.5 Å². The molecule has 0 aliphatic heterocycles. The molecule has 29 heavy (non-hydrogen) atoms. The summed E-state index contributed by atoms with van der Waals surface area (Å²) in [5, 5.41) is 6.88. The maximum absolute atomic E-state index is 14.3. The fourth-order valence-corrected chi connectivity index (χ4v) is 3.36. The first-order chi connectivity index (χ1) is 14.1. The largest absolute Gasteiger partial charge is 0.360 e. The fourth-order valence-electron chi connectivity index (χ4n) is 3.11. The number of benzene rings is 2. The molecule has 0 unspecified atom stereocenters. The minimum atomic E-state index is -0.578. The van der Waals surface area contributed by atoms with Crippen LogP contribution in [-0.2, 0) is 6.54 Å². The Balaban J connectivity index is 1.63. The Kier molecular flexibility index (Phi) is 5.14. The lowest BCUT2D eigenvalue weighted by Crippen LogP contribution is -2.24. The summed E-state index contributed by atoms with van der Waals surface area (Å²) in [7, 11) is 0. The van der Waals surface area contributed by atoms with Gasteiger partial charge in [-0.2, -0.15) is 0 Å². The molecule has 146 valence electrons. The number of nitrogens with zero attached hydrogens (tertiary/aromatic N) is 3. The van der Waals surface area contributed by atoms with E-state index in [0.29, 0.717) is 0 Å². The third-order valence-electron chi connectivity index (χ3n) is 4.50. The zero-order valence-electron chi connectivity index (χ0n) is 15.4. The smallest absolute Gasteiger partial charge is 0.257 e. The van der Waals surface area contributed by atoms with Gasteiger partial charge in [0.25, 0.3) is 5.91 Å². The number of carbonyl (C=O) groups is 1. The van der Waals surface area contributed by atoms with E-state index in [4.69, 9.17) is 16.1 Å². The maximum Gasteiger partial charge on any atom is 0.257 e. The van der Waals surface area contributed by atoms with Crippen LogP contribution in [0.4, 0.5) is 4.39 Å². The van der Waals surface area contributed by atoms with E-state index in [2.05, 4.69) is 15.5 Å². The Morgan fingerprint density at radius 2 is 2.07 bits per heavy atom. The average molecular weight is 411 g/mol. The Bertz CT molecular complexity index is 1150. The highest BCUT2D eigenvalue weighted by molar-refractivity contribution is 6.33. The van der Waals surface area contributed by atoms with Gasteiger partial charge in [-0.15, -0.1) is 0 Å². The molecule has 0 aliphatic carbocycles. The van der Waals surface area contributed by atoms with Gasteiger partial charge >= 0.3 is 0 Å². The molecule has 0 radical (unpaired) electrons. The molecule has 4 aromatic rings. The summed E-state index contributed by atoms with van der Waals surface area (Å²) in [6.07, 6.45) is 5.19. The van der Waals surface area contributed by atoms with Crippen molar-refractivity contribution in [1.82, 2.24) is 20.0 Å². The number of halogens is 2. The van der Waals surface area contributed by atoms with Crippen LogP contribution >= 0.6 is 11.6 Å². The number of aromatic nitrogens is 3. The standard InChI is InChI=1S/C21H16ClFN4O2/c1-13-18(20(26-29-13)19-15(22)6-4-7-16(19)23)21(28)25-11-14-5-2-3-8-17(14)27-10-9-24-12-27/h2-10,12H,11H2,1H3,(H,25,28). The highest BCUT2D eigenvalue weighted by atomic mass is 35.5. The molecule has 1 N–H and O–H groups in total. The van der Waals surface area contributed by atoms with E-state index in [9.17, 15) is 9.18 Å². The first-order valence-electron chi connectivity index (χ1n) is 8.81. The predicted octanol–water partition coefficient (Wildman–Crippen LogP) is 4.56. The van der Waals surface area contributed by atoms with E-state index in [1.54, 1.807) is 19.4 Å². The van der Waals surface area contributed by atoms with Crippen LogP contribution in [0.2, 0.25) is 5.02 Å². The number of imidazole rings is 1. The zero-order valence-corrected chi connectivity index (χ0v) is 16.2. The first-order valence-corrected chi connectivity index (χ1v) is 9.19. The van der Waals surface area contributed by atoms with Crippen molar-refractivity contribution in [3.63, 3.8) is 0 Å².